The number of para-hydroxylation sites is 1. The maximum absolute atomic E-state index is 13.0. The molecule has 2 aromatic carbocycles. The van der Waals surface area contributed by atoms with Crippen molar-refractivity contribution in [2.75, 3.05) is 30.4 Å². The molecule has 154 valence electrons. The summed E-state index contributed by atoms with van der Waals surface area (Å²) in [7, 11) is 1.64. The van der Waals surface area contributed by atoms with Crippen molar-refractivity contribution in [1.82, 2.24) is 10.2 Å². The Kier molecular flexibility index (Phi) is 5.88. The molecule has 0 spiro atoms. The molecule has 4 rings (SSSR count). The van der Waals surface area contributed by atoms with Crippen molar-refractivity contribution in [3.63, 3.8) is 0 Å². The average molecular weight is 406 g/mol. The molecular formula is C23H23FN4O2. The SMILES string of the molecule is COc1ccccc1-c1ccc(N2CCC(C(=O)Nc3ccc(F)cc3)CC2)nn1. The van der Waals surface area contributed by atoms with E-state index in [0.717, 1.165) is 48.8 Å². The molecule has 0 unspecified atom stereocenters. The number of piperidine rings is 1. The largest absolute Gasteiger partial charge is 0.496 e. The average Bonchev–Trinajstić information content (AvgIpc) is 2.81. The van der Waals surface area contributed by atoms with E-state index >= 15 is 0 Å². The van der Waals surface area contributed by atoms with Gasteiger partial charge in [0.1, 0.15) is 11.6 Å². The van der Waals surface area contributed by atoms with Crippen LogP contribution in [-0.4, -0.2) is 36.3 Å². The summed E-state index contributed by atoms with van der Waals surface area (Å²) in [5.41, 5.74) is 2.27. The molecule has 1 fully saturated rings. The van der Waals surface area contributed by atoms with Gasteiger partial charge in [-0.05, 0) is 61.4 Å². The molecule has 0 saturated carbocycles. The molecule has 1 N–H and O–H groups in total. The van der Waals surface area contributed by atoms with Crippen LogP contribution in [0.3, 0.4) is 0 Å². The Balaban J connectivity index is 1.36. The topological polar surface area (TPSA) is 67.3 Å². The van der Waals surface area contributed by atoms with E-state index in [0.29, 0.717) is 5.69 Å². The van der Waals surface area contributed by atoms with Gasteiger partial charge in [0.25, 0.3) is 0 Å². The van der Waals surface area contributed by atoms with Crippen LogP contribution in [0.25, 0.3) is 11.3 Å². The zero-order chi connectivity index (χ0) is 20.9. The van der Waals surface area contributed by atoms with E-state index in [1.807, 2.05) is 36.4 Å². The molecule has 1 aromatic heterocycles. The number of methoxy groups -OCH3 is 1. The van der Waals surface area contributed by atoms with Crippen molar-refractivity contribution in [1.29, 1.82) is 0 Å². The van der Waals surface area contributed by atoms with Crippen LogP contribution in [0.4, 0.5) is 15.9 Å². The standard InChI is InChI=1S/C23H23FN4O2/c1-30-21-5-3-2-4-19(21)20-10-11-22(27-26-20)28-14-12-16(13-15-28)23(29)25-18-8-6-17(24)7-9-18/h2-11,16H,12-15H2,1H3,(H,25,29). The van der Waals surface area contributed by atoms with Crippen LogP contribution >= 0.6 is 0 Å². The number of carbonyl (C=O) groups is 1. The van der Waals surface area contributed by atoms with E-state index in [9.17, 15) is 9.18 Å². The second-order valence-corrected chi connectivity index (χ2v) is 7.23. The molecule has 3 aromatic rings. The Bertz CT molecular complexity index is 1000. The van der Waals surface area contributed by atoms with Crippen LogP contribution < -0.4 is 15.0 Å². The zero-order valence-electron chi connectivity index (χ0n) is 16.7. The van der Waals surface area contributed by atoms with Crippen LogP contribution in [-0.2, 0) is 4.79 Å². The van der Waals surface area contributed by atoms with Crippen LogP contribution in [0, 0.1) is 11.7 Å². The van der Waals surface area contributed by atoms with Gasteiger partial charge in [0, 0.05) is 30.3 Å². The van der Waals surface area contributed by atoms with Crippen LogP contribution in [0.5, 0.6) is 5.75 Å². The maximum atomic E-state index is 13.0. The summed E-state index contributed by atoms with van der Waals surface area (Å²) in [5, 5.41) is 11.6. The molecule has 2 heterocycles. The molecular weight excluding hydrogens is 383 g/mol. The maximum Gasteiger partial charge on any atom is 0.227 e. The minimum absolute atomic E-state index is 0.0288. The Hall–Kier alpha value is -3.48. The smallest absolute Gasteiger partial charge is 0.227 e. The van der Waals surface area contributed by atoms with E-state index in [2.05, 4.69) is 20.4 Å². The summed E-state index contributed by atoms with van der Waals surface area (Å²) in [6, 6.07) is 17.4. The van der Waals surface area contributed by atoms with E-state index in [-0.39, 0.29) is 17.6 Å². The number of carbonyl (C=O) groups excluding carboxylic acids is 1. The molecule has 1 aliphatic heterocycles. The highest BCUT2D eigenvalue weighted by molar-refractivity contribution is 5.92. The first-order valence-electron chi connectivity index (χ1n) is 9.92. The Labute approximate surface area is 174 Å². The van der Waals surface area contributed by atoms with Gasteiger partial charge in [-0.15, -0.1) is 10.2 Å². The Morgan fingerprint density at radius 1 is 1.03 bits per heavy atom. The first-order chi connectivity index (χ1) is 14.6. The zero-order valence-corrected chi connectivity index (χ0v) is 16.7. The lowest BCUT2D eigenvalue weighted by molar-refractivity contribution is -0.120. The number of nitrogens with one attached hydrogen (secondary N) is 1. The molecule has 30 heavy (non-hydrogen) atoms. The fourth-order valence-electron chi connectivity index (χ4n) is 3.64. The third-order valence-electron chi connectivity index (χ3n) is 5.33. The minimum atomic E-state index is -0.320. The van der Waals surface area contributed by atoms with Crippen molar-refractivity contribution in [3.05, 3.63) is 66.5 Å². The van der Waals surface area contributed by atoms with Crippen molar-refractivity contribution < 1.29 is 13.9 Å². The van der Waals surface area contributed by atoms with Gasteiger partial charge in [-0.1, -0.05) is 12.1 Å². The lowest BCUT2D eigenvalue weighted by Gasteiger charge is -2.31. The molecule has 1 aliphatic rings. The molecule has 0 atom stereocenters. The van der Waals surface area contributed by atoms with Crippen molar-refractivity contribution in [2.24, 2.45) is 5.92 Å². The van der Waals surface area contributed by atoms with Gasteiger partial charge in [0.2, 0.25) is 5.91 Å². The number of halogens is 1. The first-order valence-corrected chi connectivity index (χ1v) is 9.92. The van der Waals surface area contributed by atoms with Crippen molar-refractivity contribution in [3.8, 4) is 17.0 Å². The van der Waals surface area contributed by atoms with Gasteiger partial charge in [0.05, 0.1) is 12.8 Å². The first kappa shape index (κ1) is 19.8. The number of rotatable bonds is 5. The van der Waals surface area contributed by atoms with Crippen molar-refractivity contribution >= 4 is 17.4 Å². The second kappa shape index (κ2) is 8.90. The summed E-state index contributed by atoms with van der Waals surface area (Å²) in [6.45, 7) is 1.45. The molecule has 0 bridgehead atoms. The second-order valence-electron chi connectivity index (χ2n) is 7.23. The fourth-order valence-corrected chi connectivity index (χ4v) is 3.64. The van der Waals surface area contributed by atoms with E-state index in [1.165, 1.54) is 12.1 Å². The number of hydrogen-bond donors (Lipinski definition) is 1. The predicted octanol–water partition coefficient (Wildman–Crippen LogP) is 4.15. The van der Waals surface area contributed by atoms with Crippen LogP contribution in [0.2, 0.25) is 0 Å². The van der Waals surface area contributed by atoms with Gasteiger partial charge < -0.3 is 15.0 Å². The van der Waals surface area contributed by atoms with Gasteiger partial charge in [0.15, 0.2) is 5.82 Å². The number of amides is 1. The Morgan fingerprint density at radius 3 is 2.43 bits per heavy atom. The monoisotopic (exact) mass is 406 g/mol. The quantitative estimate of drug-likeness (QED) is 0.690. The molecule has 0 radical (unpaired) electrons. The number of anilines is 2. The van der Waals surface area contributed by atoms with Gasteiger partial charge >= 0.3 is 0 Å². The number of benzene rings is 2. The van der Waals surface area contributed by atoms with E-state index < -0.39 is 0 Å². The molecule has 6 nitrogen and oxygen atoms in total. The number of ether oxygens (including phenoxy) is 1. The van der Waals surface area contributed by atoms with Crippen LogP contribution in [0.15, 0.2) is 60.7 Å². The third kappa shape index (κ3) is 4.40. The summed E-state index contributed by atoms with van der Waals surface area (Å²) < 4.78 is 18.4. The van der Waals surface area contributed by atoms with Gasteiger partial charge in [-0.25, -0.2) is 4.39 Å². The van der Waals surface area contributed by atoms with Crippen molar-refractivity contribution in [2.45, 2.75) is 12.8 Å². The molecule has 1 amide bonds. The highest BCUT2D eigenvalue weighted by Gasteiger charge is 2.26. The summed E-state index contributed by atoms with van der Waals surface area (Å²) in [4.78, 5) is 14.6. The van der Waals surface area contributed by atoms with Gasteiger partial charge in [-0.2, -0.15) is 0 Å². The normalized spacial score (nSPS) is 14.4. The van der Waals surface area contributed by atoms with Crippen LogP contribution in [0.1, 0.15) is 12.8 Å². The van der Waals surface area contributed by atoms with E-state index in [4.69, 9.17) is 4.74 Å². The molecule has 0 aliphatic carbocycles. The summed E-state index contributed by atoms with van der Waals surface area (Å²) in [5.74, 6) is 1.13. The van der Waals surface area contributed by atoms with Gasteiger partial charge in [-0.3, -0.25) is 4.79 Å². The number of nitrogens with zero attached hydrogens (tertiary/aromatic N) is 3. The molecule has 1 saturated heterocycles. The summed E-state index contributed by atoms with van der Waals surface area (Å²) >= 11 is 0. The summed E-state index contributed by atoms with van der Waals surface area (Å²) in [6.07, 6.45) is 1.45. The highest BCUT2D eigenvalue weighted by Crippen LogP contribution is 2.29. The highest BCUT2D eigenvalue weighted by atomic mass is 19.1. The predicted molar refractivity (Wildman–Crippen MR) is 114 cm³/mol. The Morgan fingerprint density at radius 2 is 1.77 bits per heavy atom. The lowest BCUT2D eigenvalue weighted by atomic mass is 9.95. The fraction of sp³-hybridized carbons (Fsp3) is 0.261. The number of hydrogen-bond acceptors (Lipinski definition) is 5. The lowest BCUT2D eigenvalue weighted by Crippen LogP contribution is -2.38. The third-order valence-corrected chi connectivity index (χ3v) is 5.33. The minimum Gasteiger partial charge on any atom is -0.496 e. The molecule has 7 heteroatoms. The number of aromatic nitrogens is 2. The van der Waals surface area contributed by atoms with E-state index in [1.54, 1.807) is 19.2 Å².